The number of rotatable bonds is 3. The van der Waals surface area contributed by atoms with E-state index in [4.69, 9.17) is 16.3 Å². The number of ether oxygens (including phenoxy) is 1. The third kappa shape index (κ3) is 2.92. The first kappa shape index (κ1) is 16.6. The van der Waals surface area contributed by atoms with Gasteiger partial charge >= 0.3 is 10.2 Å². The number of benzene rings is 2. The largest absolute Gasteiger partial charge is 0.496 e. The molecule has 0 aliphatic heterocycles. The molecule has 0 atom stereocenters. The van der Waals surface area contributed by atoms with Crippen molar-refractivity contribution >= 4 is 32.7 Å². The van der Waals surface area contributed by atoms with Crippen LogP contribution in [-0.2, 0) is 10.2 Å². The second-order valence-electron chi connectivity index (χ2n) is 5.14. The molecule has 24 heavy (non-hydrogen) atoms. The molecular formula is C16H12ClFN2O3S. The van der Waals surface area contributed by atoms with Crippen LogP contribution in [0.1, 0.15) is 5.56 Å². The Balaban J connectivity index is 2.30. The molecule has 1 aromatic heterocycles. The summed E-state index contributed by atoms with van der Waals surface area (Å²) in [5.41, 5.74) is 2.37. The smallest absolute Gasteiger partial charge is 0.332 e. The molecule has 0 unspecified atom stereocenters. The molecule has 0 fully saturated rings. The molecule has 0 spiro atoms. The third-order valence-corrected chi connectivity index (χ3v) is 4.85. The van der Waals surface area contributed by atoms with Gasteiger partial charge in [0.1, 0.15) is 17.0 Å². The molecular weight excluding hydrogens is 355 g/mol. The lowest BCUT2D eigenvalue weighted by atomic mass is 10.0. The van der Waals surface area contributed by atoms with E-state index in [0.717, 1.165) is 5.56 Å². The van der Waals surface area contributed by atoms with Crippen LogP contribution in [0.4, 0.5) is 3.89 Å². The number of fused-ring (bicyclic) bond motifs is 1. The summed E-state index contributed by atoms with van der Waals surface area (Å²) in [6.45, 7) is 1.85. The predicted octanol–water partition coefficient (Wildman–Crippen LogP) is 3.93. The van der Waals surface area contributed by atoms with Crippen LogP contribution >= 0.6 is 11.6 Å². The van der Waals surface area contributed by atoms with E-state index in [-0.39, 0.29) is 0 Å². The highest BCUT2D eigenvalue weighted by molar-refractivity contribution is 7.86. The Morgan fingerprint density at radius 3 is 2.58 bits per heavy atom. The number of hydrogen-bond acceptors (Lipinski definition) is 5. The molecule has 2 aromatic carbocycles. The fourth-order valence-corrected chi connectivity index (χ4v) is 3.06. The fourth-order valence-electron chi connectivity index (χ4n) is 2.42. The van der Waals surface area contributed by atoms with Gasteiger partial charge in [0.25, 0.3) is 0 Å². The fraction of sp³-hybridized carbons (Fsp3) is 0.125. The van der Waals surface area contributed by atoms with Crippen molar-refractivity contribution in [1.82, 2.24) is 9.97 Å². The van der Waals surface area contributed by atoms with Gasteiger partial charge in [-0.2, -0.15) is 8.42 Å². The zero-order chi connectivity index (χ0) is 17.5. The van der Waals surface area contributed by atoms with Crippen LogP contribution in [0.2, 0.25) is 5.02 Å². The van der Waals surface area contributed by atoms with E-state index in [2.05, 4.69) is 9.97 Å². The second-order valence-corrected chi connectivity index (χ2v) is 6.90. The zero-order valence-corrected chi connectivity index (χ0v) is 14.3. The van der Waals surface area contributed by atoms with Crippen molar-refractivity contribution in [2.45, 2.75) is 11.8 Å². The lowest BCUT2D eigenvalue weighted by Crippen LogP contribution is -1.96. The number of aryl methyl sites for hydroxylation is 1. The average molecular weight is 367 g/mol. The first-order valence-corrected chi connectivity index (χ1v) is 8.61. The van der Waals surface area contributed by atoms with E-state index in [1.165, 1.54) is 31.6 Å². The highest BCUT2D eigenvalue weighted by Crippen LogP contribution is 2.36. The molecule has 0 amide bonds. The normalized spacial score (nSPS) is 11.7. The van der Waals surface area contributed by atoms with Crippen LogP contribution in [0.15, 0.2) is 41.6 Å². The molecule has 3 aromatic rings. The van der Waals surface area contributed by atoms with Crippen LogP contribution in [0.3, 0.4) is 0 Å². The molecule has 0 N–H and O–H groups in total. The molecule has 8 heteroatoms. The van der Waals surface area contributed by atoms with Gasteiger partial charge in [0.2, 0.25) is 0 Å². The molecule has 0 aliphatic rings. The lowest BCUT2D eigenvalue weighted by Gasteiger charge is -2.12. The zero-order valence-electron chi connectivity index (χ0n) is 12.7. The second kappa shape index (κ2) is 5.99. The first-order valence-electron chi connectivity index (χ1n) is 6.85. The van der Waals surface area contributed by atoms with E-state index in [0.29, 0.717) is 32.9 Å². The van der Waals surface area contributed by atoms with Crippen LogP contribution in [0.25, 0.3) is 22.2 Å². The highest BCUT2D eigenvalue weighted by Gasteiger charge is 2.17. The number of hydrogen-bond donors (Lipinski definition) is 0. The lowest BCUT2D eigenvalue weighted by molar-refractivity contribution is 0.416. The van der Waals surface area contributed by atoms with Gasteiger partial charge in [-0.05, 0) is 42.8 Å². The molecule has 5 nitrogen and oxygen atoms in total. The number of nitrogens with zero attached hydrogens (tertiary/aromatic N) is 2. The van der Waals surface area contributed by atoms with Crippen molar-refractivity contribution < 1.29 is 17.0 Å². The van der Waals surface area contributed by atoms with Crippen molar-refractivity contribution in [3.05, 3.63) is 47.2 Å². The van der Waals surface area contributed by atoms with Gasteiger partial charge in [-0.25, -0.2) is 9.97 Å². The maximum Gasteiger partial charge on any atom is 0.332 e. The van der Waals surface area contributed by atoms with Crippen molar-refractivity contribution in [2.75, 3.05) is 7.11 Å². The van der Waals surface area contributed by atoms with Gasteiger partial charge in [-0.3, -0.25) is 0 Å². The summed E-state index contributed by atoms with van der Waals surface area (Å²) >= 11 is 6.12. The summed E-state index contributed by atoms with van der Waals surface area (Å²) in [6.07, 6.45) is 1.29. The summed E-state index contributed by atoms with van der Waals surface area (Å²) in [6, 6.07) is 7.33. The van der Waals surface area contributed by atoms with Gasteiger partial charge in [-0.1, -0.05) is 11.6 Å². The number of aromatic nitrogens is 2. The Morgan fingerprint density at radius 1 is 1.17 bits per heavy atom. The maximum absolute atomic E-state index is 13.2. The Morgan fingerprint density at radius 2 is 1.92 bits per heavy atom. The molecule has 0 saturated heterocycles. The van der Waals surface area contributed by atoms with Gasteiger partial charge in [0, 0.05) is 16.0 Å². The number of methoxy groups -OCH3 is 1. The van der Waals surface area contributed by atoms with Gasteiger partial charge in [0.15, 0.2) is 0 Å². The molecule has 0 aliphatic carbocycles. The standard InChI is InChI=1S/C16H12ClFN2O3S/c1-9-5-12(15(23-2)7-13(9)17)16-11-4-3-10(24(18,21)22)6-14(11)19-8-20-16/h3-8H,1-2H3. The Labute approximate surface area is 143 Å². The summed E-state index contributed by atoms with van der Waals surface area (Å²) in [5.74, 6) is 0.521. The van der Waals surface area contributed by atoms with Crippen molar-refractivity contribution in [2.24, 2.45) is 0 Å². The SMILES string of the molecule is COc1cc(Cl)c(C)cc1-c1ncnc2cc(S(=O)(=O)F)ccc12. The summed E-state index contributed by atoms with van der Waals surface area (Å²) in [4.78, 5) is 7.85. The van der Waals surface area contributed by atoms with E-state index in [9.17, 15) is 12.3 Å². The predicted molar refractivity (Wildman–Crippen MR) is 89.6 cm³/mol. The quantitative estimate of drug-likeness (QED) is 0.657. The molecule has 0 bridgehead atoms. The Kier molecular flexibility index (Phi) is 4.15. The summed E-state index contributed by atoms with van der Waals surface area (Å²) in [7, 11) is -3.28. The molecule has 0 radical (unpaired) electrons. The summed E-state index contributed by atoms with van der Waals surface area (Å²) in [5, 5.41) is 1.13. The van der Waals surface area contributed by atoms with E-state index in [1.807, 2.05) is 13.0 Å². The monoisotopic (exact) mass is 366 g/mol. The van der Waals surface area contributed by atoms with Crippen LogP contribution in [0.5, 0.6) is 5.75 Å². The molecule has 124 valence electrons. The van der Waals surface area contributed by atoms with Gasteiger partial charge in [-0.15, -0.1) is 3.89 Å². The van der Waals surface area contributed by atoms with Gasteiger partial charge in [0.05, 0.1) is 18.3 Å². The van der Waals surface area contributed by atoms with Crippen molar-refractivity contribution in [3.63, 3.8) is 0 Å². The van der Waals surface area contributed by atoms with E-state index >= 15 is 0 Å². The molecule has 1 heterocycles. The third-order valence-electron chi connectivity index (χ3n) is 3.63. The molecule has 0 saturated carbocycles. The van der Waals surface area contributed by atoms with Crippen molar-refractivity contribution in [1.29, 1.82) is 0 Å². The Bertz CT molecular complexity index is 1050. The highest BCUT2D eigenvalue weighted by atomic mass is 35.5. The minimum absolute atomic E-state index is 0.313. The van der Waals surface area contributed by atoms with E-state index in [1.54, 1.807) is 6.07 Å². The van der Waals surface area contributed by atoms with Crippen molar-refractivity contribution in [3.8, 4) is 17.0 Å². The maximum atomic E-state index is 13.2. The topological polar surface area (TPSA) is 69.2 Å². The van der Waals surface area contributed by atoms with Gasteiger partial charge < -0.3 is 4.74 Å². The average Bonchev–Trinajstić information content (AvgIpc) is 2.55. The van der Waals surface area contributed by atoms with Crippen LogP contribution in [0, 0.1) is 6.92 Å². The minimum atomic E-state index is -4.80. The first-order chi connectivity index (χ1) is 11.3. The molecule has 3 rings (SSSR count). The minimum Gasteiger partial charge on any atom is -0.496 e. The summed E-state index contributed by atoms with van der Waals surface area (Å²) < 4.78 is 40.7. The van der Waals surface area contributed by atoms with Crippen LogP contribution < -0.4 is 4.74 Å². The Hall–Kier alpha value is -2.25. The van der Waals surface area contributed by atoms with E-state index < -0.39 is 15.1 Å². The van der Waals surface area contributed by atoms with Crippen LogP contribution in [-0.4, -0.2) is 25.5 Å². The number of halogens is 2.